The topological polar surface area (TPSA) is 66.6 Å². The molecule has 1 aliphatic rings. The van der Waals surface area contributed by atoms with Crippen LogP contribution in [-0.4, -0.2) is 54.8 Å². The van der Waals surface area contributed by atoms with Gasteiger partial charge in [0, 0.05) is 32.1 Å². The van der Waals surface area contributed by atoms with Crippen molar-refractivity contribution in [3.8, 4) is 0 Å². The maximum atomic E-state index is 12.4. The number of amides is 2. The van der Waals surface area contributed by atoms with Crippen molar-refractivity contribution < 1.29 is 9.59 Å². The standard InChI is InChI=1S/C13H25N3O2/c1-2-4-12(5-3-6-14)13(18)16-9-7-15(11-17)8-10-16/h11-12H,2-10,14H2,1H3. The summed E-state index contributed by atoms with van der Waals surface area (Å²) in [5.41, 5.74) is 5.52. The first-order chi connectivity index (χ1) is 8.72. The van der Waals surface area contributed by atoms with E-state index in [0.29, 0.717) is 32.7 Å². The quantitative estimate of drug-likeness (QED) is 0.671. The van der Waals surface area contributed by atoms with E-state index in [0.717, 1.165) is 32.1 Å². The Labute approximate surface area is 109 Å². The molecular weight excluding hydrogens is 230 g/mol. The smallest absolute Gasteiger partial charge is 0.225 e. The summed E-state index contributed by atoms with van der Waals surface area (Å²) in [6, 6.07) is 0. The van der Waals surface area contributed by atoms with Crippen LogP contribution in [0.5, 0.6) is 0 Å². The third-order valence-corrected chi connectivity index (χ3v) is 3.52. The number of carbonyl (C=O) groups excluding carboxylic acids is 2. The number of hydrogen-bond donors (Lipinski definition) is 1. The zero-order valence-electron chi connectivity index (χ0n) is 11.3. The van der Waals surface area contributed by atoms with Crippen LogP contribution in [0.15, 0.2) is 0 Å². The molecule has 1 atom stereocenters. The fourth-order valence-electron chi connectivity index (χ4n) is 2.41. The molecule has 5 heteroatoms. The second-order valence-electron chi connectivity index (χ2n) is 4.88. The molecule has 1 rings (SSSR count). The van der Waals surface area contributed by atoms with Crippen LogP contribution in [0.1, 0.15) is 32.6 Å². The van der Waals surface area contributed by atoms with E-state index >= 15 is 0 Å². The normalized spacial score (nSPS) is 17.7. The van der Waals surface area contributed by atoms with E-state index in [-0.39, 0.29) is 11.8 Å². The summed E-state index contributed by atoms with van der Waals surface area (Å²) in [6.07, 6.45) is 4.61. The summed E-state index contributed by atoms with van der Waals surface area (Å²) in [4.78, 5) is 26.6. The van der Waals surface area contributed by atoms with Crippen LogP contribution < -0.4 is 5.73 Å². The van der Waals surface area contributed by atoms with E-state index in [1.54, 1.807) is 4.90 Å². The van der Waals surface area contributed by atoms with Gasteiger partial charge in [0.1, 0.15) is 0 Å². The number of piperazine rings is 1. The highest BCUT2D eigenvalue weighted by atomic mass is 16.2. The van der Waals surface area contributed by atoms with Gasteiger partial charge in [-0.05, 0) is 25.8 Å². The minimum atomic E-state index is 0.112. The van der Waals surface area contributed by atoms with E-state index < -0.39 is 0 Å². The number of nitrogens with two attached hydrogens (primary N) is 1. The number of hydrogen-bond acceptors (Lipinski definition) is 3. The van der Waals surface area contributed by atoms with Crippen molar-refractivity contribution in [3.05, 3.63) is 0 Å². The maximum absolute atomic E-state index is 12.4. The second kappa shape index (κ2) is 8.08. The van der Waals surface area contributed by atoms with Gasteiger partial charge in [0.25, 0.3) is 0 Å². The Kier molecular flexibility index (Phi) is 6.72. The van der Waals surface area contributed by atoms with Crippen LogP contribution in [0, 0.1) is 5.92 Å². The Morgan fingerprint density at radius 2 is 1.94 bits per heavy atom. The highest BCUT2D eigenvalue weighted by Crippen LogP contribution is 2.17. The van der Waals surface area contributed by atoms with Crippen molar-refractivity contribution in [1.29, 1.82) is 0 Å². The summed E-state index contributed by atoms with van der Waals surface area (Å²) in [7, 11) is 0. The van der Waals surface area contributed by atoms with Crippen molar-refractivity contribution >= 4 is 12.3 Å². The average molecular weight is 255 g/mol. The third-order valence-electron chi connectivity index (χ3n) is 3.52. The molecule has 5 nitrogen and oxygen atoms in total. The summed E-state index contributed by atoms with van der Waals surface area (Å²) >= 11 is 0. The molecule has 0 aromatic rings. The Morgan fingerprint density at radius 3 is 2.44 bits per heavy atom. The molecule has 1 saturated heterocycles. The van der Waals surface area contributed by atoms with Crippen molar-refractivity contribution in [1.82, 2.24) is 9.80 Å². The molecule has 0 saturated carbocycles. The maximum Gasteiger partial charge on any atom is 0.225 e. The lowest BCUT2D eigenvalue weighted by molar-refractivity contribution is -0.139. The fourth-order valence-corrected chi connectivity index (χ4v) is 2.41. The molecule has 0 bridgehead atoms. The Bertz CT molecular complexity index is 263. The van der Waals surface area contributed by atoms with Crippen LogP contribution in [-0.2, 0) is 9.59 Å². The van der Waals surface area contributed by atoms with Crippen molar-refractivity contribution in [2.45, 2.75) is 32.6 Å². The summed E-state index contributed by atoms with van der Waals surface area (Å²) in [6.45, 7) is 5.40. The van der Waals surface area contributed by atoms with Crippen molar-refractivity contribution in [3.63, 3.8) is 0 Å². The molecule has 104 valence electrons. The van der Waals surface area contributed by atoms with Gasteiger partial charge < -0.3 is 15.5 Å². The molecule has 1 unspecified atom stereocenters. The van der Waals surface area contributed by atoms with Crippen LogP contribution >= 0.6 is 0 Å². The molecule has 2 amide bonds. The molecule has 0 aliphatic carbocycles. The van der Waals surface area contributed by atoms with Gasteiger partial charge in [-0.2, -0.15) is 0 Å². The number of carbonyl (C=O) groups is 2. The van der Waals surface area contributed by atoms with Gasteiger partial charge in [-0.1, -0.05) is 13.3 Å². The van der Waals surface area contributed by atoms with Crippen molar-refractivity contribution in [2.24, 2.45) is 11.7 Å². The molecule has 18 heavy (non-hydrogen) atoms. The molecule has 1 fully saturated rings. The predicted octanol–water partition coefficient (Wildman–Crippen LogP) is 0.442. The largest absolute Gasteiger partial charge is 0.342 e. The van der Waals surface area contributed by atoms with Gasteiger partial charge in [0.05, 0.1) is 0 Å². The van der Waals surface area contributed by atoms with Gasteiger partial charge >= 0.3 is 0 Å². The van der Waals surface area contributed by atoms with Crippen LogP contribution in [0.3, 0.4) is 0 Å². The zero-order chi connectivity index (χ0) is 13.4. The zero-order valence-corrected chi connectivity index (χ0v) is 11.3. The molecule has 0 spiro atoms. The molecule has 1 heterocycles. The van der Waals surface area contributed by atoms with Gasteiger partial charge in [-0.15, -0.1) is 0 Å². The Morgan fingerprint density at radius 1 is 1.28 bits per heavy atom. The molecule has 0 aromatic carbocycles. The lowest BCUT2D eigenvalue weighted by Gasteiger charge is -2.34. The summed E-state index contributed by atoms with van der Waals surface area (Å²) < 4.78 is 0. The molecule has 1 aliphatic heterocycles. The highest BCUT2D eigenvalue weighted by molar-refractivity contribution is 5.79. The van der Waals surface area contributed by atoms with Crippen LogP contribution in [0.2, 0.25) is 0 Å². The first kappa shape index (κ1) is 15.0. The van der Waals surface area contributed by atoms with Gasteiger partial charge in [-0.25, -0.2) is 0 Å². The predicted molar refractivity (Wildman–Crippen MR) is 70.9 cm³/mol. The molecular formula is C13H25N3O2. The van der Waals surface area contributed by atoms with E-state index in [2.05, 4.69) is 6.92 Å². The van der Waals surface area contributed by atoms with Gasteiger partial charge in [0.2, 0.25) is 12.3 Å². The minimum Gasteiger partial charge on any atom is -0.342 e. The molecule has 2 N–H and O–H groups in total. The Balaban J connectivity index is 2.46. The highest BCUT2D eigenvalue weighted by Gasteiger charge is 2.26. The monoisotopic (exact) mass is 255 g/mol. The van der Waals surface area contributed by atoms with Gasteiger partial charge in [-0.3, -0.25) is 9.59 Å². The van der Waals surface area contributed by atoms with Gasteiger partial charge in [0.15, 0.2) is 0 Å². The summed E-state index contributed by atoms with van der Waals surface area (Å²) in [5, 5.41) is 0. The van der Waals surface area contributed by atoms with E-state index in [1.807, 2.05) is 4.90 Å². The lowest BCUT2D eigenvalue weighted by atomic mass is 9.96. The molecule has 0 aromatic heterocycles. The van der Waals surface area contributed by atoms with E-state index in [1.165, 1.54) is 0 Å². The first-order valence-electron chi connectivity index (χ1n) is 6.91. The Hall–Kier alpha value is -1.10. The van der Waals surface area contributed by atoms with Crippen molar-refractivity contribution in [2.75, 3.05) is 32.7 Å². The fraction of sp³-hybridized carbons (Fsp3) is 0.846. The van der Waals surface area contributed by atoms with E-state index in [9.17, 15) is 9.59 Å². The number of nitrogens with zero attached hydrogens (tertiary/aromatic N) is 2. The van der Waals surface area contributed by atoms with E-state index in [4.69, 9.17) is 5.73 Å². The first-order valence-corrected chi connectivity index (χ1v) is 6.91. The summed E-state index contributed by atoms with van der Waals surface area (Å²) in [5.74, 6) is 0.359. The SMILES string of the molecule is CCCC(CCCN)C(=O)N1CCN(C=O)CC1. The van der Waals surface area contributed by atoms with Crippen LogP contribution in [0.4, 0.5) is 0 Å². The second-order valence-corrected chi connectivity index (χ2v) is 4.88. The lowest BCUT2D eigenvalue weighted by Crippen LogP contribution is -2.49. The number of rotatable bonds is 7. The minimum absolute atomic E-state index is 0.112. The molecule has 0 radical (unpaired) electrons. The third kappa shape index (κ3) is 4.29. The van der Waals surface area contributed by atoms with Crippen LogP contribution in [0.25, 0.3) is 0 Å². The average Bonchev–Trinajstić information content (AvgIpc) is 2.43.